The van der Waals surface area contributed by atoms with Crippen LogP contribution < -0.4 is 35.4 Å². The van der Waals surface area contributed by atoms with Crippen molar-refractivity contribution in [1.82, 2.24) is 0 Å². The van der Waals surface area contributed by atoms with Crippen molar-refractivity contribution in [3.63, 3.8) is 0 Å². The number of aromatic carboxylic acids is 2. The molecule has 12 aromatic carbocycles. The van der Waals surface area contributed by atoms with Gasteiger partial charge in [0.1, 0.15) is 79.9 Å². The topological polar surface area (TPSA) is 399 Å². The van der Waals surface area contributed by atoms with Gasteiger partial charge in [0, 0.05) is 113 Å². The summed E-state index contributed by atoms with van der Waals surface area (Å²) in [6, 6.07) is 52.6. The molecule has 0 fully saturated rings. The maximum atomic E-state index is 12.7. The van der Waals surface area contributed by atoms with Crippen LogP contribution in [0.5, 0.6) is 51.7 Å². The number of hydrogen-bond acceptors (Lipinski definition) is 20. The number of nitrogens with one attached hydrogen (secondary N) is 1. The molecule has 6 N–H and O–H groups in total. The number of nitrogens with zero attached hydrogens (tertiary/aromatic N) is 4. The molecule has 13 aromatic rings. The summed E-state index contributed by atoms with van der Waals surface area (Å²) >= 11 is 20.5. The average molecular weight is 2060 g/mol. The maximum Gasteiger partial charge on any atom is 0.412 e. The van der Waals surface area contributed by atoms with E-state index in [2.05, 4.69) is 133 Å². The van der Waals surface area contributed by atoms with Gasteiger partial charge in [0.05, 0.1) is 57.3 Å². The second kappa shape index (κ2) is 40.0. The molecule has 3 aliphatic rings. The molecule has 0 aliphatic carbocycles. The molecule has 16 rings (SSSR count). The van der Waals surface area contributed by atoms with Gasteiger partial charge in [0.15, 0.2) is 5.58 Å². The molecule has 1 amide bonds. The number of aromatic hydroxyl groups is 1. The zero-order valence-corrected chi connectivity index (χ0v) is 75.8. The highest BCUT2D eigenvalue weighted by Gasteiger charge is 2.27. The molecule has 4 heterocycles. The first kappa shape index (κ1) is 92.8. The molecule has 0 spiro atoms. The lowest BCUT2D eigenvalue weighted by Gasteiger charge is -2.23. The largest absolute Gasteiger partial charge is 0.507 e. The highest BCUT2D eigenvalue weighted by atomic mass is 79.9. The van der Waals surface area contributed by atoms with E-state index in [4.69, 9.17) is 49.2 Å². The molecule has 0 unspecified atom stereocenters. The highest BCUT2D eigenvalue weighted by molar-refractivity contribution is 9.11. The summed E-state index contributed by atoms with van der Waals surface area (Å²) in [5.74, 6) is 1.92. The number of carbonyl (C=O) groups is 3. The third-order valence-electron chi connectivity index (χ3n) is 17.9. The Labute approximate surface area is 750 Å². The van der Waals surface area contributed by atoms with Gasteiger partial charge in [0.25, 0.3) is 22.7 Å². The average Bonchev–Trinajstić information content (AvgIpc) is 0.768. The molecule has 34 heteroatoms. The number of halogens is 7. The van der Waals surface area contributed by atoms with Gasteiger partial charge in [-0.3, -0.25) is 50.6 Å². The fourth-order valence-electron chi connectivity index (χ4n) is 12.4. The quantitative estimate of drug-likeness (QED) is 0.0388. The molecule has 3 aliphatic heterocycles. The number of ether oxygens (including phenoxy) is 5. The number of benzene rings is 12. The molecule has 123 heavy (non-hydrogen) atoms. The van der Waals surface area contributed by atoms with E-state index in [0.29, 0.717) is 60.9 Å². The third-order valence-corrected chi connectivity index (χ3v) is 21.5. The molecule has 0 bridgehead atoms. The Morgan fingerprint density at radius 3 is 1.36 bits per heavy atom. The molecule has 1 aromatic heterocycles. The van der Waals surface area contributed by atoms with Crippen LogP contribution in [0, 0.1) is 87.8 Å². The van der Waals surface area contributed by atoms with Crippen LogP contribution in [0.15, 0.2) is 230 Å². The van der Waals surface area contributed by atoms with E-state index in [0.717, 1.165) is 133 Å². The van der Waals surface area contributed by atoms with Crippen molar-refractivity contribution in [2.45, 2.75) is 87.2 Å². The van der Waals surface area contributed by atoms with Crippen molar-refractivity contribution in [2.24, 2.45) is 0 Å². The summed E-state index contributed by atoms with van der Waals surface area (Å²) in [6.07, 6.45) is 1.82. The molecular weight excluding hydrogens is 1990 g/mol. The number of hydrogen-bond donors (Lipinski definition) is 5. The minimum Gasteiger partial charge on any atom is -0.507 e. The number of nitrogens with two attached hydrogens (primary N) is 1. The monoisotopic (exact) mass is 2050 g/mol. The van der Waals surface area contributed by atoms with Crippen LogP contribution in [0.1, 0.15) is 108 Å². The van der Waals surface area contributed by atoms with E-state index in [1.807, 2.05) is 133 Å². The number of fused-ring (bicyclic) bond motifs is 8. The molecule has 0 saturated heterocycles. The summed E-state index contributed by atoms with van der Waals surface area (Å²) < 4.78 is 51.9. The number of rotatable bonds is 9. The predicted octanol–water partition coefficient (Wildman–Crippen LogP) is 26.2. The Bertz CT molecular complexity index is 6480. The lowest BCUT2D eigenvalue weighted by molar-refractivity contribution is -0.385. The summed E-state index contributed by atoms with van der Waals surface area (Å²) in [5, 5.41) is 72.4. The summed E-state index contributed by atoms with van der Waals surface area (Å²) in [5.41, 5.74) is 18.5. The number of carboxylic acids is 2. The Hall–Kier alpha value is -12.5. The van der Waals surface area contributed by atoms with Crippen molar-refractivity contribution < 1.29 is 81.9 Å². The van der Waals surface area contributed by atoms with Gasteiger partial charge in [0.2, 0.25) is 5.43 Å². The molecule has 0 radical (unpaired) electrons. The summed E-state index contributed by atoms with van der Waals surface area (Å²) in [7, 11) is 0. The van der Waals surface area contributed by atoms with Crippen LogP contribution in [0.2, 0.25) is 0 Å². The van der Waals surface area contributed by atoms with E-state index in [9.17, 15) is 64.0 Å². The highest BCUT2D eigenvalue weighted by Crippen LogP contribution is 2.46. The van der Waals surface area contributed by atoms with Crippen molar-refractivity contribution in [1.29, 1.82) is 0 Å². The van der Waals surface area contributed by atoms with Gasteiger partial charge in [-0.05, 0) is 307 Å². The molecule has 0 atom stereocenters. The molecular formula is C89H71Br6FN6O21. The number of carbonyl (C=O) groups excluding carboxylic acids is 1. The van der Waals surface area contributed by atoms with Gasteiger partial charge >= 0.3 is 18.0 Å². The number of phenolic OH excluding ortho intramolecular Hbond substituents is 1. The first-order chi connectivity index (χ1) is 57.9. The number of non-ortho nitro benzene ring substituents is 4. The van der Waals surface area contributed by atoms with Crippen LogP contribution in [-0.4, -0.2) is 58.6 Å². The van der Waals surface area contributed by atoms with E-state index in [1.165, 1.54) is 53.1 Å². The second-order valence-corrected chi connectivity index (χ2v) is 34.0. The van der Waals surface area contributed by atoms with Crippen molar-refractivity contribution in [3.8, 4) is 51.7 Å². The minimum atomic E-state index is -1.53. The van der Waals surface area contributed by atoms with Crippen molar-refractivity contribution in [2.75, 3.05) is 11.1 Å². The van der Waals surface area contributed by atoms with Crippen LogP contribution in [0.4, 0.5) is 43.3 Å². The van der Waals surface area contributed by atoms with Gasteiger partial charge in [-0.15, -0.1) is 0 Å². The first-order valence-corrected chi connectivity index (χ1v) is 41.3. The van der Waals surface area contributed by atoms with Gasteiger partial charge in [-0.25, -0.2) is 18.8 Å². The standard InChI is InChI=1S/C19H20BrNO3.C14H10BrNO5.C14H8BrNO4.C14H10BrNO3.C14H12BrNO.C7H7BrO.C7H4FNO4/c1-11-7-13-9-12-10-14(21-18(22)24-19(2,3)4)5-6-16(12)23-17(13)15(20)8-11;1-8-2-4-13(11(15)6-8)21-12-5-3-9(16(19)20)7-10(12)14(17)18;1-7-4-10-13(17)9-6-8(16(18)19)2-3-12(9)20-14(10)11(15)5-7;1-8-4-10-6-9-7-11(16(17)18)2-3-13(9)19-14(10)12(15)5-8;1-8-4-10-6-9-7-11(16)2-3-13(9)17-14(10)12(15)5-8;1-5-2-3-7(9)6(8)4-5;8-6-2-1-4(9(12)13)3-5(6)7(10)11/h5-8,10H,9H2,1-4H3,(H,21,22);2-7H,1H3,(H,17,18);2-6H,1H3;2-5,7H,6H2,1H3;2-5,7H,6,16H2,1H3;2-4,9H,1H3;1-3H,(H,10,11). The van der Waals surface area contributed by atoms with Gasteiger partial charge in [-0.1, -0.05) is 30.3 Å². The number of amides is 1. The van der Waals surface area contributed by atoms with Crippen LogP contribution >= 0.6 is 95.6 Å². The van der Waals surface area contributed by atoms with Crippen LogP contribution in [0.25, 0.3) is 21.9 Å². The maximum absolute atomic E-state index is 12.7. The first-order valence-electron chi connectivity index (χ1n) is 36.5. The zero-order valence-electron chi connectivity index (χ0n) is 66.3. The number of anilines is 2. The number of nitro groups is 4. The molecule has 632 valence electrons. The third kappa shape index (κ3) is 24.2. The lowest BCUT2D eigenvalue weighted by atomic mass is 9.98. The number of aryl methyl sites for hydroxylation is 6. The van der Waals surface area contributed by atoms with Gasteiger partial charge < -0.3 is 49.2 Å². The Morgan fingerprint density at radius 1 is 0.447 bits per heavy atom. The van der Waals surface area contributed by atoms with Crippen LogP contribution in [-0.2, 0) is 24.0 Å². The number of nitrogen functional groups attached to an aromatic ring is 1. The SMILES string of the molecule is Cc1cc(Br)c2c(c1)Cc1cc(N)ccc1O2.Cc1cc(Br)c2c(c1)Cc1cc(NC(=O)OC(C)(C)C)ccc1O2.Cc1cc(Br)c2c(c1)Cc1cc([N+](=O)[O-])ccc1O2.Cc1cc(Br)c2oc3ccc([N+](=O)[O-])cc3c(=O)c2c1.Cc1ccc(O)c(Br)c1.Cc1ccc(Oc2ccc([N+](=O)[O-])cc2C(=O)O)c(Br)c1.O=C(O)c1cc([N+](=O)[O-])ccc1F. The zero-order chi connectivity index (χ0) is 89.9. The van der Waals surface area contributed by atoms with Gasteiger partial charge in [-0.2, -0.15) is 0 Å². The lowest BCUT2D eigenvalue weighted by Crippen LogP contribution is -2.27. The minimum absolute atomic E-state index is 0.0395. The van der Waals surface area contributed by atoms with E-state index < -0.39 is 55.5 Å². The number of nitro benzene ring substituents is 4. The normalized spacial score (nSPS) is 11.4. The molecule has 27 nitrogen and oxygen atoms in total. The predicted molar refractivity (Wildman–Crippen MR) is 484 cm³/mol. The Morgan fingerprint density at radius 2 is 0.862 bits per heavy atom. The number of carboxylic acid groups (broad SMARTS) is 2. The summed E-state index contributed by atoms with van der Waals surface area (Å²) in [4.78, 5) is 86.0. The van der Waals surface area contributed by atoms with Crippen molar-refractivity contribution in [3.05, 3.63) is 355 Å². The fraction of sp³-hybridized carbons (Fsp3) is 0.146. The Kier molecular flexibility index (Phi) is 30.2. The number of phenols is 1. The van der Waals surface area contributed by atoms with E-state index in [1.54, 1.807) is 30.3 Å². The smallest absolute Gasteiger partial charge is 0.412 e. The van der Waals surface area contributed by atoms with E-state index >= 15 is 0 Å². The molecule has 0 saturated carbocycles. The second-order valence-electron chi connectivity index (χ2n) is 28.9. The Balaban J connectivity index is 0.000000152. The fourth-order valence-corrected chi connectivity index (χ4v) is 16.2. The summed E-state index contributed by atoms with van der Waals surface area (Å²) in [6.45, 7) is 17.4. The van der Waals surface area contributed by atoms with Crippen LogP contribution in [0.3, 0.4) is 0 Å². The van der Waals surface area contributed by atoms with Crippen molar-refractivity contribution >= 4 is 170 Å². The van der Waals surface area contributed by atoms with E-state index in [-0.39, 0.29) is 44.1 Å².